The van der Waals surface area contributed by atoms with E-state index in [1.807, 2.05) is 36.4 Å². The van der Waals surface area contributed by atoms with Crippen LogP contribution in [0.25, 0.3) is 0 Å². The van der Waals surface area contributed by atoms with E-state index in [0.29, 0.717) is 0 Å². The van der Waals surface area contributed by atoms with Crippen molar-refractivity contribution in [2.75, 3.05) is 0 Å². The summed E-state index contributed by atoms with van der Waals surface area (Å²) in [4.78, 5) is 30.4. The molecule has 0 unspecified atom stereocenters. The monoisotopic (exact) mass is 288 g/mol. The quantitative estimate of drug-likeness (QED) is 0.538. The standard InChI is InChI=1S/C14H17O3P.Na.H/c15-18(16,17,11-13-7-3-1-4-8-13)12-14-9-5-2-6-10-14;;/h1-10,15-17H,11-12H2;;/q;+1;-1. The molecular weight excluding hydrogens is 270 g/mol. The molecule has 0 radical (unpaired) electrons. The predicted molar refractivity (Wildman–Crippen MR) is 75.0 cm³/mol. The summed E-state index contributed by atoms with van der Waals surface area (Å²) in [7, 11) is -4.66. The van der Waals surface area contributed by atoms with Crippen LogP contribution in [0.2, 0.25) is 0 Å². The number of rotatable bonds is 4. The number of benzene rings is 2. The van der Waals surface area contributed by atoms with Gasteiger partial charge in [-0.3, -0.25) is 0 Å². The van der Waals surface area contributed by atoms with Gasteiger partial charge in [-0.25, -0.2) is 0 Å². The van der Waals surface area contributed by atoms with Gasteiger partial charge >= 0.3 is 136 Å². The van der Waals surface area contributed by atoms with Gasteiger partial charge < -0.3 is 1.43 Å². The molecule has 0 aliphatic rings. The molecule has 2 aromatic rings. The van der Waals surface area contributed by atoms with E-state index >= 15 is 0 Å². The zero-order chi connectivity index (χ0) is 13.1. The molecule has 19 heavy (non-hydrogen) atoms. The van der Waals surface area contributed by atoms with Crippen molar-refractivity contribution in [1.82, 2.24) is 0 Å². The Balaban J connectivity index is 0.00000180. The summed E-state index contributed by atoms with van der Waals surface area (Å²) in [5.41, 5.74) is 1.44. The average molecular weight is 288 g/mol. The molecule has 2 aromatic carbocycles. The SMILES string of the molecule is OP(O)(O)(Cc1ccccc1)Cc1ccccc1.[H-].[Na+]. The molecule has 0 fully saturated rings. The molecule has 0 saturated carbocycles. The van der Waals surface area contributed by atoms with E-state index in [1.165, 1.54) is 0 Å². The van der Waals surface area contributed by atoms with Crippen molar-refractivity contribution < 1.29 is 45.7 Å². The van der Waals surface area contributed by atoms with E-state index in [0.717, 1.165) is 11.1 Å². The predicted octanol–water partition coefficient (Wildman–Crippen LogP) is -0.222. The van der Waals surface area contributed by atoms with E-state index in [1.54, 1.807) is 24.3 Å². The van der Waals surface area contributed by atoms with Gasteiger partial charge in [-0.1, -0.05) is 0 Å². The Bertz CT molecular complexity index is 469. The summed E-state index contributed by atoms with van der Waals surface area (Å²) in [6.07, 6.45) is -0.220. The topological polar surface area (TPSA) is 60.7 Å². The van der Waals surface area contributed by atoms with E-state index in [-0.39, 0.29) is 43.3 Å². The zero-order valence-corrected chi connectivity index (χ0v) is 13.9. The maximum absolute atomic E-state index is 10.1. The summed E-state index contributed by atoms with van der Waals surface area (Å²) in [5.74, 6) is 0. The van der Waals surface area contributed by atoms with Crippen LogP contribution in [0.4, 0.5) is 0 Å². The van der Waals surface area contributed by atoms with Crippen molar-refractivity contribution in [2.24, 2.45) is 0 Å². The van der Waals surface area contributed by atoms with Gasteiger partial charge in [0.1, 0.15) is 0 Å². The Morgan fingerprint density at radius 3 is 1.32 bits per heavy atom. The molecule has 3 nitrogen and oxygen atoms in total. The first-order chi connectivity index (χ1) is 8.42. The first-order valence-corrected chi connectivity index (χ1v) is 8.23. The fourth-order valence-corrected chi connectivity index (χ4v) is 4.00. The number of hydrogen-bond donors (Lipinski definition) is 3. The first-order valence-electron chi connectivity index (χ1n) is 5.76. The summed E-state index contributed by atoms with van der Waals surface area (Å²) >= 11 is 0. The molecule has 98 valence electrons. The molecule has 0 heterocycles. The van der Waals surface area contributed by atoms with Gasteiger partial charge in [-0.15, -0.1) is 0 Å². The van der Waals surface area contributed by atoms with Crippen LogP contribution in [0.5, 0.6) is 0 Å². The minimum Gasteiger partial charge on any atom is -1.00 e. The van der Waals surface area contributed by atoms with Crippen LogP contribution in [-0.2, 0) is 12.3 Å². The van der Waals surface area contributed by atoms with Crippen molar-refractivity contribution in [1.29, 1.82) is 0 Å². The molecule has 0 aliphatic heterocycles. The van der Waals surface area contributed by atoms with E-state index in [4.69, 9.17) is 0 Å². The normalized spacial score (nSPS) is 13.1. The molecule has 0 aromatic heterocycles. The van der Waals surface area contributed by atoms with Crippen LogP contribution in [0.3, 0.4) is 0 Å². The Morgan fingerprint density at radius 2 is 1.00 bits per heavy atom. The zero-order valence-electron chi connectivity index (χ0n) is 12.0. The van der Waals surface area contributed by atoms with Gasteiger partial charge in [-0.2, -0.15) is 0 Å². The molecule has 0 bridgehead atoms. The van der Waals surface area contributed by atoms with Gasteiger partial charge in [0.2, 0.25) is 0 Å². The summed E-state index contributed by atoms with van der Waals surface area (Å²) < 4.78 is 0. The van der Waals surface area contributed by atoms with Gasteiger partial charge in [0, 0.05) is 0 Å². The maximum atomic E-state index is 10.1. The second kappa shape index (κ2) is 6.47. The minimum atomic E-state index is -4.66. The van der Waals surface area contributed by atoms with Gasteiger partial charge in [0.05, 0.1) is 0 Å². The molecule has 5 heteroatoms. The maximum Gasteiger partial charge on any atom is 1.00 e. The Kier molecular flexibility index (Phi) is 5.72. The van der Waals surface area contributed by atoms with Crippen molar-refractivity contribution in [2.45, 2.75) is 12.3 Å². The molecule has 0 saturated heterocycles. The summed E-state index contributed by atoms with van der Waals surface area (Å²) in [6.45, 7) is 0. The van der Waals surface area contributed by atoms with E-state index in [9.17, 15) is 14.7 Å². The van der Waals surface area contributed by atoms with Gasteiger partial charge in [0.15, 0.2) is 0 Å². The molecule has 0 spiro atoms. The molecule has 2 rings (SSSR count). The molecule has 0 atom stereocenters. The fourth-order valence-electron chi connectivity index (χ4n) is 1.97. The third-order valence-electron chi connectivity index (χ3n) is 2.70. The van der Waals surface area contributed by atoms with Crippen molar-refractivity contribution in [3.8, 4) is 0 Å². The van der Waals surface area contributed by atoms with Crippen molar-refractivity contribution >= 4 is 7.28 Å². The minimum absolute atomic E-state index is 0. The Morgan fingerprint density at radius 1 is 0.684 bits per heavy atom. The third-order valence-corrected chi connectivity index (χ3v) is 4.72. The molecule has 0 amide bonds. The number of hydrogen-bond acceptors (Lipinski definition) is 3. The second-order valence-electron chi connectivity index (χ2n) is 4.63. The Labute approximate surface area is 136 Å². The van der Waals surface area contributed by atoms with E-state index < -0.39 is 7.28 Å². The fraction of sp³-hybridized carbons (Fsp3) is 0.143. The van der Waals surface area contributed by atoms with E-state index in [2.05, 4.69) is 0 Å². The molecular formula is C14H18NaO3P. The van der Waals surface area contributed by atoms with Crippen LogP contribution in [0, 0.1) is 0 Å². The van der Waals surface area contributed by atoms with Crippen LogP contribution in [0.15, 0.2) is 60.7 Å². The van der Waals surface area contributed by atoms with Crippen LogP contribution in [0.1, 0.15) is 12.6 Å². The van der Waals surface area contributed by atoms with Crippen molar-refractivity contribution in [3.05, 3.63) is 71.8 Å². The second-order valence-corrected chi connectivity index (χ2v) is 7.94. The van der Waals surface area contributed by atoms with Crippen LogP contribution in [-0.4, -0.2) is 14.7 Å². The first kappa shape index (κ1) is 16.8. The Hall–Kier alpha value is -0.250. The summed E-state index contributed by atoms with van der Waals surface area (Å²) in [6, 6.07) is 18.0. The summed E-state index contributed by atoms with van der Waals surface area (Å²) in [5, 5.41) is 0. The van der Waals surface area contributed by atoms with Gasteiger partial charge in [-0.05, 0) is 0 Å². The van der Waals surface area contributed by atoms with Crippen molar-refractivity contribution in [3.63, 3.8) is 0 Å². The smallest absolute Gasteiger partial charge is 1.00 e. The largest absolute Gasteiger partial charge is 1.00 e. The molecule has 3 N–H and O–H groups in total. The van der Waals surface area contributed by atoms with Gasteiger partial charge in [0.25, 0.3) is 0 Å². The molecule has 0 aliphatic carbocycles. The third kappa shape index (κ3) is 5.72. The van der Waals surface area contributed by atoms with Crippen LogP contribution >= 0.6 is 7.28 Å². The van der Waals surface area contributed by atoms with Crippen LogP contribution < -0.4 is 29.6 Å². The average Bonchev–Trinajstić information content (AvgIpc) is 2.29.